The van der Waals surface area contributed by atoms with Gasteiger partial charge in [-0.05, 0) is 31.0 Å². The molecule has 0 aromatic carbocycles. The van der Waals surface area contributed by atoms with Crippen molar-refractivity contribution in [1.29, 1.82) is 0 Å². The first-order valence-electron chi connectivity index (χ1n) is 6.54. The van der Waals surface area contributed by atoms with Gasteiger partial charge in [0.05, 0.1) is 18.1 Å². The zero-order valence-electron chi connectivity index (χ0n) is 10.3. The maximum absolute atomic E-state index is 12.2. The van der Waals surface area contributed by atoms with Crippen molar-refractivity contribution in [2.75, 3.05) is 19.7 Å². The summed E-state index contributed by atoms with van der Waals surface area (Å²) in [7, 11) is 0. The lowest BCUT2D eigenvalue weighted by molar-refractivity contribution is 0.0934. The first-order valence-corrected chi connectivity index (χ1v) is 7.35. The molecule has 1 atom stereocenters. The van der Waals surface area contributed by atoms with E-state index in [4.69, 9.17) is 4.74 Å². The second-order valence-electron chi connectivity index (χ2n) is 4.88. The molecule has 1 amide bonds. The highest BCUT2D eigenvalue weighted by Gasteiger charge is 2.20. The van der Waals surface area contributed by atoms with Crippen LogP contribution < -0.4 is 10.6 Å². The molecule has 1 unspecified atom stereocenters. The maximum atomic E-state index is 12.2. The number of hydrogen-bond acceptors (Lipinski definition) is 4. The van der Waals surface area contributed by atoms with Gasteiger partial charge in [0, 0.05) is 23.9 Å². The molecule has 0 spiro atoms. The molecule has 1 saturated heterocycles. The molecule has 0 radical (unpaired) electrons. The van der Waals surface area contributed by atoms with Crippen LogP contribution in [0.1, 0.15) is 33.0 Å². The Morgan fingerprint density at radius 1 is 1.56 bits per heavy atom. The number of nitrogens with one attached hydrogen (secondary N) is 2. The Kier molecular flexibility index (Phi) is 3.63. The predicted molar refractivity (Wildman–Crippen MR) is 71.0 cm³/mol. The fourth-order valence-corrected chi connectivity index (χ4v) is 3.54. The van der Waals surface area contributed by atoms with Crippen molar-refractivity contribution in [2.45, 2.75) is 31.9 Å². The first kappa shape index (κ1) is 12.1. The van der Waals surface area contributed by atoms with Crippen LogP contribution >= 0.6 is 11.3 Å². The Morgan fingerprint density at radius 3 is 3.28 bits per heavy atom. The van der Waals surface area contributed by atoms with E-state index in [0.29, 0.717) is 6.61 Å². The standard InChI is InChI=1S/C13H18N2O2S/c16-13(15-10-2-1-4-14-7-10)12-6-9-8-17-5-3-11(9)18-12/h6,10,14H,1-5,7-8H2,(H,15,16). The number of hydrogen-bond donors (Lipinski definition) is 2. The highest BCUT2D eigenvalue weighted by Crippen LogP contribution is 2.27. The molecule has 1 aromatic heterocycles. The third-order valence-corrected chi connectivity index (χ3v) is 4.72. The van der Waals surface area contributed by atoms with E-state index in [2.05, 4.69) is 10.6 Å². The smallest absolute Gasteiger partial charge is 0.261 e. The van der Waals surface area contributed by atoms with Crippen LogP contribution in [-0.4, -0.2) is 31.6 Å². The van der Waals surface area contributed by atoms with E-state index in [1.165, 1.54) is 10.4 Å². The average molecular weight is 266 g/mol. The lowest BCUT2D eigenvalue weighted by Crippen LogP contribution is -2.45. The number of ether oxygens (including phenoxy) is 1. The largest absolute Gasteiger partial charge is 0.376 e. The van der Waals surface area contributed by atoms with E-state index in [1.54, 1.807) is 11.3 Å². The van der Waals surface area contributed by atoms with Crippen molar-refractivity contribution in [3.8, 4) is 0 Å². The topological polar surface area (TPSA) is 50.4 Å². The number of thiophene rings is 1. The van der Waals surface area contributed by atoms with Gasteiger partial charge in [0.1, 0.15) is 0 Å². The fourth-order valence-electron chi connectivity index (χ4n) is 2.49. The van der Waals surface area contributed by atoms with Crippen molar-refractivity contribution in [1.82, 2.24) is 10.6 Å². The molecule has 2 aliphatic heterocycles. The van der Waals surface area contributed by atoms with Crippen LogP contribution in [0.4, 0.5) is 0 Å². The van der Waals surface area contributed by atoms with Crippen LogP contribution in [0.5, 0.6) is 0 Å². The normalized spacial score (nSPS) is 23.4. The Labute approximate surface area is 111 Å². The predicted octanol–water partition coefficient (Wildman–Crippen LogP) is 1.30. The summed E-state index contributed by atoms with van der Waals surface area (Å²) in [5.41, 5.74) is 1.19. The molecule has 4 nitrogen and oxygen atoms in total. The quantitative estimate of drug-likeness (QED) is 0.848. The van der Waals surface area contributed by atoms with Gasteiger partial charge in [-0.25, -0.2) is 0 Å². The molecular weight excluding hydrogens is 248 g/mol. The van der Waals surface area contributed by atoms with Crippen LogP contribution in [0.15, 0.2) is 6.07 Å². The first-order chi connectivity index (χ1) is 8.83. The number of piperidine rings is 1. The van der Waals surface area contributed by atoms with Gasteiger partial charge in [-0.2, -0.15) is 0 Å². The highest BCUT2D eigenvalue weighted by molar-refractivity contribution is 7.14. The Balaban J connectivity index is 1.66. The molecule has 3 heterocycles. The second kappa shape index (κ2) is 5.38. The van der Waals surface area contributed by atoms with Crippen molar-refractivity contribution >= 4 is 17.2 Å². The molecule has 0 aliphatic carbocycles. The van der Waals surface area contributed by atoms with Crippen LogP contribution in [0, 0.1) is 0 Å². The zero-order valence-corrected chi connectivity index (χ0v) is 11.1. The minimum Gasteiger partial charge on any atom is -0.376 e. The van der Waals surface area contributed by atoms with Crippen molar-refractivity contribution < 1.29 is 9.53 Å². The van der Waals surface area contributed by atoms with Gasteiger partial charge in [-0.1, -0.05) is 0 Å². The number of amides is 1. The Hall–Kier alpha value is -0.910. The minimum absolute atomic E-state index is 0.0723. The lowest BCUT2D eigenvalue weighted by Gasteiger charge is -2.23. The number of carbonyl (C=O) groups is 1. The van der Waals surface area contributed by atoms with Gasteiger partial charge in [0.2, 0.25) is 0 Å². The second-order valence-corrected chi connectivity index (χ2v) is 6.02. The molecule has 2 aliphatic rings. The molecule has 0 saturated carbocycles. The van der Waals surface area contributed by atoms with Crippen LogP contribution in [0.3, 0.4) is 0 Å². The Morgan fingerprint density at radius 2 is 2.50 bits per heavy atom. The number of fused-ring (bicyclic) bond motifs is 1. The molecule has 3 rings (SSSR count). The molecule has 98 valence electrons. The summed E-state index contributed by atoms with van der Waals surface area (Å²) < 4.78 is 5.40. The van der Waals surface area contributed by atoms with E-state index < -0.39 is 0 Å². The van der Waals surface area contributed by atoms with Crippen LogP contribution in [0.25, 0.3) is 0 Å². The summed E-state index contributed by atoms with van der Waals surface area (Å²) in [6, 6.07) is 2.27. The van der Waals surface area contributed by atoms with E-state index in [9.17, 15) is 4.79 Å². The van der Waals surface area contributed by atoms with Gasteiger partial charge < -0.3 is 15.4 Å². The fraction of sp³-hybridized carbons (Fsp3) is 0.615. The monoisotopic (exact) mass is 266 g/mol. The van der Waals surface area contributed by atoms with Crippen molar-refractivity contribution in [3.63, 3.8) is 0 Å². The number of rotatable bonds is 2. The van der Waals surface area contributed by atoms with Gasteiger partial charge in [0.15, 0.2) is 0 Å². The molecule has 18 heavy (non-hydrogen) atoms. The molecule has 1 fully saturated rings. The highest BCUT2D eigenvalue weighted by atomic mass is 32.1. The van der Waals surface area contributed by atoms with E-state index in [0.717, 1.165) is 43.8 Å². The third kappa shape index (κ3) is 2.58. The van der Waals surface area contributed by atoms with E-state index in [1.807, 2.05) is 6.07 Å². The number of carbonyl (C=O) groups excluding carboxylic acids is 1. The van der Waals surface area contributed by atoms with Crippen LogP contribution in [-0.2, 0) is 17.8 Å². The summed E-state index contributed by atoms with van der Waals surface area (Å²) in [6.07, 6.45) is 3.16. The van der Waals surface area contributed by atoms with Crippen molar-refractivity contribution in [2.24, 2.45) is 0 Å². The third-order valence-electron chi connectivity index (χ3n) is 3.48. The maximum Gasteiger partial charge on any atom is 0.261 e. The summed E-state index contributed by atoms with van der Waals surface area (Å²) >= 11 is 1.62. The molecule has 5 heteroatoms. The minimum atomic E-state index is 0.0723. The Bertz CT molecular complexity index is 415. The molecule has 2 N–H and O–H groups in total. The van der Waals surface area contributed by atoms with Gasteiger partial charge in [0.25, 0.3) is 5.91 Å². The SMILES string of the molecule is O=C(NC1CCCNC1)c1cc2c(s1)CCOC2. The lowest BCUT2D eigenvalue weighted by atomic mass is 10.1. The summed E-state index contributed by atoms with van der Waals surface area (Å²) in [5.74, 6) is 0.0723. The average Bonchev–Trinajstić information content (AvgIpc) is 2.84. The molecule has 1 aromatic rings. The molecular formula is C13H18N2O2S. The van der Waals surface area contributed by atoms with Crippen molar-refractivity contribution in [3.05, 3.63) is 21.4 Å². The van der Waals surface area contributed by atoms with Crippen LogP contribution in [0.2, 0.25) is 0 Å². The summed E-state index contributed by atoms with van der Waals surface area (Å²) in [6.45, 7) is 3.39. The summed E-state index contributed by atoms with van der Waals surface area (Å²) in [5, 5.41) is 6.42. The zero-order chi connectivity index (χ0) is 12.4. The van der Waals surface area contributed by atoms with Gasteiger partial charge in [-0.3, -0.25) is 4.79 Å². The summed E-state index contributed by atoms with van der Waals surface area (Å²) in [4.78, 5) is 14.3. The van der Waals surface area contributed by atoms with E-state index in [-0.39, 0.29) is 11.9 Å². The van der Waals surface area contributed by atoms with Gasteiger partial charge >= 0.3 is 0 Å². The molecule has 0 bridgehead atoms. The van der Waals surface area contributed by atoms with Gasteiger partial charge in [-0.15, -0.1) is 11.3 Å². The van der Waals surface area contributed by atoms with E-state index >= 15 is 0 Å².